The van der Waals surface area contributed by atoms with E-state index in [4.69, 9.17) is 0 Å². The topological polar surface area (TPSA) is 81.7 Å². The number of rotatable bonds is 6. The van der Waals surface area contributed by atoms with Crippen molar-refractivity contribution < 1.29 is 14.7 Å². The third kappa shape index (κ3) is 5.49. The molecular formula is C17H24BrN3O3. The number of nitrogens with one attached hydrogen (secondary N) is 2. The maximum atomic E-state index is 12.3. The molecule has 0 saturated carbocycles. The van der Waals surface area contributed by atoms with Gasteiger partial charge in [0.25, 0.3) is 5.91 Å². The van der Waals surface area contributed by atoms with Gasteiger partial charge in [-0.05, 0) is 37.5 Å². The van der Waals surface area contributed by atoms with E-state index >= 15 is 0 Å². The minimum Gasteiger partial charge on any atom is -0.507 e. The number of nitrogens with zero attached hydrogens (tertiary/aromatic N) is 1. The van der Waals surface area contributed by atoms with Crippen LogP contribution in [-0.4, -0.2) is 54.0 Å². The van der Waals surface area contributed by atoms with Gasteiger partial charge in [0.2, 0.25) is 5.91 Å². The fourth-order valence-corrected chi connectivity index (χ4v) is 3.07. The third-order valence-electron chi connectivity index (χ3n) is 4.07. The van der Waals surface area contributed by atoms with E-state index in [1.54, 1.807) is 12.1 Å². The molecule has 1 aliphatic heterocycles. The van der Waals surface area contributed by atoms with Crippen LogP contribution in [0.1, 0.15) is 36.5 Å². The molecule has 7 heteroatoms. The summed E-state index contributed by atoms with van der Waals surface area (Å²) >= 11 is 3.30. The highest BCUT2D eigenvalue weighted by Gasteiger charge is 2.23. The molecule has 0 spiro atoms. The van der Waals surface area contributed by atoms with Crippen molar-refractivity contribution in [1.29, 1.82) is 0 Å². The largest absolute Gasteiger partial charge is 0.507 e. The Bertz CT molecular complexity index is 586. The van der Waals surface area contributed by atoms with Crippen molar-refractivity contribution in [3.05, 3.63) is 28.2 Å². The standard InChI is InChI=1S/C17H24BrN3O3/c1-2-7-19-16(23)11-21-8-5-13(6-9-21)20-17(24)14-10-12(18)3-4-15(14)22/h3-4,10,13,22H,2,5-9,11H2,1H3,(H,19,23)(H,20,24). The number of piperidine rings is 1. The van der Waals surface area contributed by atoms with Crippen LogP contribution in [0, 0.1) is 0 Å². The van der Waals surface area contributed by atoms with Crippen molar-refractivity contribution in [3.63, 3.8) is 0 Å². The zero-order valence-corrected chi connectivity index (χ0v) is 15.4. The number of halogens is 1. The number of likely N-dealkylation sites (tertiary alicyclic amines) is 1. The fourth-order valence-electron chi connectivity index (χ4n) is 2.71. The predicted octanol–water partition coefficient (Wildman–Crippen LogP) is 1.88. The van der Waals surface area contributed by atoms with Crippen molar-refractivity contribution in [2.45, 2.75) is 32.2 Å². The van der Waals surface area contributed by atoms with E-state index in [2.05, 4.69) is 31.5 Å². The van der Waals surface area contributed by atoms with Gasteiger partial charge in [0.15, 0.2) is 0 Å². The average molecular weight is 398 g/mol. The molecular weight excluding hydrogens is 374 g/mol. The molecule has 1 aliphatic rings. The van der Waals surface area contributed by atoms with Crippen molar-refractivity contribution in [2.24, 2.45) is 0 Å². The van der Waals surface area contributed by atoms with Gasteiger partial charge in [-0.25, -0.2) is 0 Å². The van der Waals surface area contributed by atoms with E-state index < -0.39 is 0 Å². The Hall–Kier alpha value is -1.60. The molecule has 1 heterocycles. The number of amides is 2. The second kappa shape index (κ2) is 9.03. The molecule has 0 unspecified atom stereocenters. The molecule has 1 aromatic carbocycles. The molecule has 6 nitrogen and oxygen atoms in total. The average Bonchev–Trinajstić information content (AvgIpc) is 2.57. The smallest absolute Gasteiger partial charge is 0.255 e. The van der Waals surface area contributed by atoms with E-state index in [-0.39, 0.29) is 29.2 Å². The van der Waals surface area contributed by atoms with Gasteiger partial charge in [0, 0.05) is 30.1 Å². The van der Waals surface area contributed by atoms with Gasteiger partial charge in [-0.2, -0.15) is 0 Å². The first-order valence-corrected chi connectivity index (χ1v) is 9.07. The molecule has 1 saturated heterocycles. The van der Waals surface area contributed by atoms with E-state index in [1.165, 1.54) is 6.07 Å². The van der Waals surface area contributed by atoms with Crippen LogP contribution < -0.4 is 10.6 Å². The van der Waals surface area contributed by atoms with Gasteiger partial charge < -0.3 is 15.7 Å². The van der Waals surface area contributed by atoms with E-state index in [0.717, 1.165) is 36.8 Å². The number of phenolic OH excluding ortho intramolecular Hbond substituents is 1. The number of benzene rings is 1. The normalized spacial score (nSPS) is 15.9. The second-order valence-corrected chi connectivity index (χ2v) is 6.95. The van der Waals surface area contributed by atoms with Crippen molar-refractivity contribution >= 4 is 27.7 Å². The molecule has 0 atom stereocenters. The quantitative estimate of drug-likeness (QED) is 0.684. The lowest BCUT2D eigenvalue weighted by Crippen LogP contribution is -2.47. The number of phenols is 1. The maximum absolute atomic E-state index is 12.3. The van der Waals surface area contributed by atoms with Crippen LogP contribution in [0.4, 0.5) is 0 Å². The van der Waals surface area contributed by atoms with E-state index in [1.807, 2.05) is 6.92 Å². The summed E-state index contributed by atoms with van der Waals surface area (Å²) in [5.74, 6) is -0.243. The van der Waals surface area contributed by atoms with Crippen molar-refractivity contribution in [1.82, 2.24) is 15.5 Å². The SMILES string of the molecule is CCCNC(=O)CN1CCC(NC(=O)c2cc(Br)ccc2O)CC1. The van der Waals surface area contributed by atoms with Crippen LogP contribution in [0.25, 0.3) is 0 Å². The summed E-state index contributed by atoms with van der Waals surface area (Å²) in [6.07, 6.45) is 2.52. The van der Waals surface area contributed by atoms with Crippen molar-refractivity contribution in [3.8, 4) is 5.75 Å². The van der Waals surface area contributed by atoms with Crippen LogP contribution in [0.5, 0.6) is 5.75 Å². The number of hydrogen-bond acceptors (Lipinski definition) is 4. The minimum atomic E-state index is -0.270. The highest BCUT2D eigenvalue weighted by molar-refractivity contribution is 9.10. The molecule has 0 radical (unpaired) electrons. The van der Waals surface area contributed by atoms with Gasteiger partial charge in [-0.15, -0.1) is 0 Å². The van der Waals surface area contributed by atoms with E-state index in [0.29, 0.717) is 13.1 Å². The molecule has 0 aromatic heterocycles. The van der Waals surface area contributed by atoms with Gasteiger partial charge in [-0.1, -0.05) is 22.9 Å². The molecule has 1 fully saturated rings. The number of carbonyl (C=O) groups is 2. The maximum Gasteiger partial charge on any atom is 0.255 e. The Morgan fingerprint density at radius 1 is 1.33 bits per heavy atom. The Labute approximate surface area is 150 Å². The van der Waals surface area contributed by atoms with Crippen LogP contribution in [0.2, 0.25) is 0 Å². The minimum absolute atomic E-state index is 0.0271. The summed E-state index contributed by atoms with van der Waals surface area (Å²) in [7, 11) is 0. The molecule has 0 bridgehead atoms. The van der Waals surface area contributed by atoms with Crippen LogP contribution in [-0.2, 0) is 4.79 Å². The summed E-state index contributed by atoms with van der Waals surface area (Å²) in [6, 6.07) is 4.86. The van der Waals surface area contributed by atoms with Gasteiger partial charge in [-0.3, -0.25) is 14.5 Å². The Balaban J connectivity index is 1.79. The highest BCUT2D eigenvalue weighted by atomic mass is 79.9. The fraction of sp³-hybridized carbons (Fsp3) is 0.529. The molecule has 2 amide bonds. The Morgan fingerprint density at radius 3 is 2.71 bits per heavy atom. The lowest BCUT2D eigenvalue weighted by atomic mass is 10.0. The molecule has 24 heavy (non-hydrogen) atoms. The number of carbonyl (C=O) groups excluding carboxylic acids is 2. The molecule has 3 N–H and O–H groups in total. The third-order valence-corrected chi connectivity index (χ3v) is 4.56. The lowest BCUT2D eigenvalue weighted by molar-refractivity contribution is -0.122. The van der Waals surface area contributed by atoms with Crippen LogP contribution in [0.15, 0.2) is 22.7 Å². The van der Waals surface area contributed by atoms with Crippen LogP contribution in [0.3, 0.4) is 0 Å². The molecule has 2 rings (SSSR count). The van der Waals surface area contributed by atoms with Gasteiger partial charge in [0.05, 0.1) is 12.1 Å². The Morgan fingerprint density at radius 2 is 2.04 bits per heavy atom. The van der Waals surface area contributed by atoms with Crippen LogP contribution >= 0.6 is 15.9 Å². The first-order valence-electron chi connectivity index (χ1n) is 8.28. The zero-order valence-electron chi connectivity index (χ0n) is 13.8. The number of aromatic hydroxyl groups is 1. The van der Waals surface area contributed by atoms with Gasteiger partial charge in [0.1, 0.15) is 5.75 Å². The molecule has 1 aromatic rings. The monoisotopic (exact) mass is 397 g/mol. The van der Waals surface area contributed by atoms with E-state index in [9.17, 15) is 14.7 Å². The number of hydrogen-bond donors (Lipinski definition) is 3. The molecule has 132 valence electrons. The summed E-state index contributed by atoms with van der Waals surface area (Å²) in [5.41, 5.74) is 0.269. The zero-order chi connectivity index (χ0) is 17.5. The second-order valence-electron chi connectivity index (χ2n) is 6.04. The predicted molar refractivity (Wildman–Crippen MR) is 96.0 cm³/mol. The first-order chi connectivity index (χ1) is 11.5. The summed E-state index contributed by atoms with van der Waals surface area (Å²) < 4.78 is 0.748. The summed E-state index contributed by atoms with van der Waals surface area (Å²) in [4.78, 5) is 26.1. The first kappa shape index (κ1) is 18.7. The van der Waals surface area contributed by atoms with Crippen molar-refractivity contribution in [2.75, 3.05) is 26.2 Å². The summed E-state index contributed by atoms with van der Waals surface area (Å²) in [5, 5.41) is 15.7. The Kier molecular flexibility index (Phi) is 7.05. The lowest BCUT2D eigenvalue weighted by Gasteiger charge is -2.31. The molecule has 0 aliphatic carbocycles. The van der Waals surface area contributed by atoms with Gasteiger partial charge >= 0.3 is 0 Å². The summed E-state index contributed by atoms with van der Waals surface area (Å²) in [6.45, 7) is 4.69. The highest BCUT2D eigenvalue weighted by Crippen LogP contribution is 2.22.